The van der Waals surface area contributed by atoms with Crippen LogP contribution < -0.4 is 10.6 Å². The Morgan fingerprint density at radius 2 is 2.24 bits per heavy atom. The number of rotatable bonds is 2. The highest BCUT2D eigenvalue weighted by Crippen LogP contribution is 2.30. The molecule has 1 aromatic heterocycles. The van der Waals surface area contributed by atoms with Crippen LogP contribution in [0, 0.1) is 0 Å². The molecule has 92 valence electrons. The first-order valence-electron chi connectivity index (χ1n) is 5.02. The zero-order valence-corrected chi connectivity index (χ0v) is 9.60. The molecule has 2 rings (SSSR count). The molecule has 3 amide bonds. The van der Waals surface area contributed by atoms with Crippen LogP contribution in [-0.4, -0.2) is 31.1 Å². The molecule has 0 unspecified atom stereocenters. The molecule has 1 aromatic rings. The summed E-state index contributed by atoms with van der Waals surface area (Å²) in [7, 11) is 3.09. The number of furan rings is 1. The molecule has 1 aliphatic rings. The van der Waals surface area contributed by atoms with Gasteiger partial charge in [-0.3, -0.25) is 14.5 Å². The lowest BCUT2D eigenvalue weighted by Crippen LogP contribution is -2.36. The molecule has 0 aliphatic carbocycles. The van der Waals surface area contributed by atoms with E-state index in [1.54, 1.807) is 7.05 Å². The number of hydrogen-bond donors (Lipinski definition) is 1. The van der Waals surface area contributed by atoms with Crippen molar-refractivity contribution in [2.75, 3.05) is 19.0 Å². The summed E-state index contributed by atoms with van der Waals surface area (Å²) in [5.74, 6) is -0.0734. The number of nitrogens with two attached hydrogens (primary N) is 1. The molecule has 0 saturated carbocycles. The van der Waals surface area contributed by atoms with Gasteiger partial charge in [0.05, 0.1) is 12.7 Å². The van der Waals surface area contributed by atoms with E-state index in [4.69, 9.17) is 15.0 Å². The van der Waals surface area contributed by atoms with E-state index >= 15 is 0 Å². The van der Waals surface area contributed by atoms with Gasteiger partial charge < -0.3 is 10.2 Å². The monoisotopic (exact) mass is 239 g/mol. The van der Waals surface area contributed by atoms with Crippen LogP contribution in [0.3, 0.4) is 0 Å². The van der Waals surface area contributed by atoms with E-state index in [0.29, 0.717) is 17.0 Å². The molecule has 0 atom stereocenters. The standard InChI is InChI=1S/C10H13N3O4/c1-12-9-7(5-17-13(2)10(12)15)6(4-16-9)3-8(11)14/h4H,3,5H2,1-2H3,(H2,11,14). The Balaban J connectivity index is 2.38. The Labute approximate surface area is 97.7 Å². The quantitative estimate of drug-likeness (QED) is 0.800. The number of carbonyl (C=O) groups excluding carboxylic acids is 2. The number of urea groups is 1. The SMILES string of the molecule is CN1OCc2c(CC(N)=O)coc2N(C)C1=O. The molecule has 17 heavy (non-hydrogen) atoms. The summed E-state index contributed by atoms with van der Waals surface area (Å²) in [5.41, 5.74) is 6.44. The summed E-state index contributed by atoms with van der Waals surface area (Å²) in [4.78, 5) is 29.2. The molecule has 0 bridgehead atoms. The van der Waals surface area contributed by atoms with Gasteiger partial charge in [-0.25, -0.2) is 9.86 Å². The zero-order valence-electron chi connectivity index (χ0n) is 9.60. The van der Waals surface area contributed by atoms with E-state index in [-0.39, 0.29) is 19.1 Å². The minimum absolute atomic E-state index is 0.0634. The van der Waals surface area contributed by atoms with E-state index in [9.17, 15) is 9.59 Å². The summed E-state index contributed by atoms with van der Waals surface area (Å²) >= 11 is 0. The number of fused-ring (bicyclic) bond motifs is 1. The third-order valence-corrected chi connectivity index (χ3v) is 2.59. The fourth-order valence-corrected chi connectivity index (χ4v) is 1.69. The third-order valence-electron chi connectivity index (χ3n) is 2.59. The first-order chi connectivity index (χ1) is 8.00. The highest BCUT2D eigenvalue weighted by molar-refractivity contribution is 5.90. The minimum Gasteiger partial charge on any atom is -0.448 e. The van der Waals surface area contributed by atoms with E-state index in [0.717, 1.165) is 5.06 Å². The van der Waals surface area contributed by atoms with Crippen molar-refractivity contribution in [2.45, 2.75) is 13.0 Å². The number of hydrogen-bond acceptors (Lipinski definition) is 4. The van der Waals surface area contributed by atoms with Crippen LogP contribution >= 0.6 is 0 Å². The van der Waals surface area contributed by atoms with Crippen LogP contribution in [0.2, 0.25) is 0 Å². The fraction of sp³-hybridized carbons (Fsp3) is 0.400. The third kappa shape index (κ3) is 1.96. The lowest BCUT2D eigenvalue weighted by Gasteiger charge is -2.18. The fourth-order valence-electron chi connectivity index (χ4n) is 1.69. The van der Waals surface area contributed by atoms with Gasteiger partial charge in [-0.05, 0) is 0 Å². The van der Waals surface area contributed by atoms with E-state index in [1.807, 2.05) is 0 Å². The first kappa shape index (κ1) is 11.5. The lowest BCUT2D eigenvalue weighted by atomic mass is 10.1. The Morgan fingerprint density at radius 3 is 2.88 bits per heavy atom. The molecular weight excluding hydrogens is 226 g/mol. The summed E-state index contributed by atoms with van der Waals surface area (Å²) in [6, 6.07) is -0.344. The van der Waals surface area contributed by atoms with E-state index < -0.39 is 5.91 Å². The predicted octanol–water partition coefficient (Wildman–Crippen LogP) is 0.241. The molecule has 1 aliphatic heterocycles. The second-order valence-electron chi connectivity index (χ2n) is 3.80. The minimum atomic E-state index is -0.458. The van der Waals surface area contributed by atoms with Crippen molar-refractivity contribution in [3.63, 3.8) is 0 Å². The van der Waals surface area contributed by atoms with Crippen molar-refractivity contribution in [3.05, 3.63) is 17.4 Å². The maximum atomic E-state index is 11.7. The van der Waals surface area contributed by atoms with Gasteiger partial charge >= 0.3 is 6.03 Å². The molecule has 0 fully saturated rings. The van der Waals surface area contributed by atoms with E-state index in [1.165, 1.54) is 18.2 Å². The van der Waals surface area contributed by atoms with E-state index in [2.05, 4.69) is 0 Å². The summed E-state index contributed by atoms with van der Waals surface area (Å²) in [5, 5.41) is 1.11. The van der Waals surface area contributed by atoms with Crippen LogP contribution in [0.15, 0.2) is 10.7 Å². The maximum absolute atomic E-state index is 11.7. The van der Waals surface area contributed by atoms with Crippen molar-refractivity contribution in [1.82, 2.24) is 5.06 Å². The predicted molar refractivity (Wildman–Crippen MR) is 58.0 cm³/mol. The smallest absolute Gasteiger partial charge is 0.350 e. The van der Waals surface area contributed by atoms with Crippen LogP contribution in [-0.2, 0) is 22.7 Å². The van der Waals surface area contributed by atoms with Crippen molar-refractivity contribution >= 4 is 17.8 Å². The summed E-state index contributed by atoms with van der Waals surface area (Å²) < 4.78 is 5.29. The second-order valence-corrected chi connectivity index (χ2v) is 3.80. The Morgan fingerprint density at radius 1 is 1.53 bits per heavy atom. The van der Waals surface area contributed by atoms with Crippen molar-refractivity contribution < 1.29 is 18.8 Å². The lowest BCUT2D eigenvalue weighted by molar-refractivity contribution is -0.117. The van der Waals surface area contributed by atoms with Crippen molar-refractivity contribution in [1.29, 1.82) is 0 Å². The number of primary amides is 1. The molecule has 2 heterocycles. The normalized spacial score (nSPS) is 15.8. The number of carbonyl (C=O) groups is 2. The molecule has 0 saturated heterocycles. The van der Waals surface area contributed by atoms with Gasteiger partial charge in [0.15, 0.2) is 0 Å². The average Bonchev–Trinajstić information content (AvgIpc) is 2.61. The Bertz CT molecular complexity index is 468. The molecule has 0 radical (unpaired) electrons. The summed E-state index contributed by atoms with van der Waals surface area (Å²) in [6.45, 7) is 0.168. The van der Waals surface area contributed by atoms with Gasteiger partial charge in [0.25, 0.3) is 0 Å². The number of nitrogens with zero attached hydrogens (tertiary/aromatic N) is 2. The van der Waals surface area contributed by atoms with Gasteiger partial charge in [0, 0.05) is 25.2 Å². The highest BCUT2D eigenvalue weighted by atomic mass is 16.7. The number of anilines is 1. The first-order valence-corrected chi connectivity index (χ1v) is 5.02. The Kier molecular flexibility index (Phi) is 2.76. The highest BCUT2D eigenvalue weighted by Gasteiger charge is 2.28. The molecule has 7 nitrogen and oxygen atoms in total. The number of amides is 3. The molecule has 2 N–H and O–H groups in total. The van der Waals surface area contributed by atoms with Gasteiger partial charge in [0.2, 0.25) is 11.8 Å². The molecule has 0 aromatic carbocycles. The molecule has 7 heteroatoms. The molecule has 0 spiro atoms. The zero-order chi connectivity index (χ0) is 12.6. The largest absolute Gasteiger partial charge is 0.448 e. The topological polar surface area (TPSA) is 89.0 Å². The maximum Gasteiger partial charge on any atom is 0.350 e. The van der Waals surface area contributed by atoms with Crippen LogP contribution in [0.25, 0.3) is 0 Å². The average molecular weight is 239 g/mol. The van der Waals surface area contributed by atoms with Crippen LogP contribution in [0.4, 0.5) is 10.7 Å². The summed E-state index contributed by atoms with van der Waals surface area (Å²) in [6.07, 6.45) is 1.49. The van der Waals surface area contributed by atoms with Crippen LogP contribution in [0.5, 0.6) is 0 Å². The van der Waals surface area contributed by atoms with Gasteiger partial charge in [-0.1, -0.05) is 0 Å². The van der Waals surface area contributed by atoms with Gasteiger partial charge in [-0.2, -0.15) is 0 Å². The second kappa shape index (κ2) is 4.10. The van der Waals surface area contributed by atoms with Crippen LogP contribution in [0.1, 0.15) is 11.1 Å². The van der Waals surface area contributed by atoms with Gasteiger partial charge in [0.1, 0.15) is 6.61 Å². The number of hydroxylamine groups is 2. The van der Waals surface area contributed by atoms with Crippen molar-refractivity contribution in [2.24, 2.45) is 5.73 Å². The molecular formula is C10H13N3O4. The Hall–Kier alpha value is -2.02. The van der Waals surface area contributed by atoms with Crippen molar-refractivity contribution in [3.8, 4) is 0 Å². The van der Waals surface area contributed by atoms with Gasteiger partial charge in [-0.15, -0.1) is 0 Å².